The van der Waals surface area contributed by atoms with Crippen LogP contribution in [0.3, 0.4) is 0 Å². The van der Waals surface area contributed by atoms with Gasteiger partial charge in [-0.15, -0.1) is 10.2 Å². The van der Waals surface area contributed by atoms with E-state index in [1.165, 1.54) is 38.5 Å². The number of hydrogen-bond donors (Lipinski definition) is 1. The summed E-state index contributed by atoms with van der Waals surface area (Å²) in [5.41, 5.74) is 0.164. The number of nitrogens with one attached hydrogen (secondary N) is 1. The molecule has 1 aromatic rings. The van der Waals surface area contributed by atoms with Gasteiger partial charge in [0.25, 0.3) is 0 Å². The molecule has 4 aliphatic carbocycles. The van der Waals surface area contributed by atoms with Gasteiger partial charge in [0.2, 0.25) is 5.28 Å². The monoisotopic (exact) mass is 298 g/mol. The summed E-state index contributed by atoms with van der Waals surface area (Å²) in [4.78, 5) is 4.20. The number of halogens is 2. The molecule has 0 radical (unpaired) electrons. The lowest BCUT2D eigenvalue weighted by molar-refractivity contribution is 0.0105. The molecule has 1 N–H and O–H groups in total. The van der Waals surface area contributed by atoms with Gasteiger partial charge in [-0.1, -0.05) is 11.6 Å². The largest absolute Gasteiger partial charge is 0.362 e. The van der Waals surface area contributed by atoms with E-state index >= 15 is 0 Å². The van der Waals surface area contributed by atoms with Crippen molar-refractivity contribution in [2.45, 2.75) is 44.1 Å². The molecule has 4 fully saturated rings. The van der Waals surface area contributed by atoms with Crippen molar-refractivity contribution in [1.82, 2.24) is 15.2 Å². The zero-order valence-corrected chi connectivity index (χ0v) is 12.1. The van der Waals surface area contributed by atoms with Crippen molar-refractivity contribution in [2.24, 2.45) is 17.8 Å². The van der Waals surface area contributed by atoms with Gasteiger partial charge >= 0.3 is 0 Å². The predicted octanol–water partition coefficient (Wildman–Crippen LogP) is 3.56. The van der Waals surface area contributed by atoms with Crippen molar-refractivity contribution in [3.8, 4) is 0 Å². The van der Waals surface area contributed by atoms with Crippen LogP contribution in [0.1, 0.15) is 38.5 Å². The Labute approximate surface area is 122 Å². The standard InChI is InChI=1S/C13H16Cl2N4/c14-10-11(16-12(15)19-18-10)17-13-4-7-1-8(5-13)3-9(2-7)6-13/h7-9H,1-6H2,(H,16,17,19). The normalized spacial score (nSPS) is 39.6. The Bertz CT molecular complexity index is 484. The maximum Gasteiger partial charge on any atom is 0.245 e. The van der Waals surface area contributed by atoms with E-state index in [-0.39, 0.29) is 10.8 Å². The third kappa shape index (κ3) is 2.09. The van der Waals surface area contributed by atoms with E-state index in [1.54, 1.807) is 0 Å². The van der Waals surface area contributed by atoms with Crippen LogP contribution in [0.5, 0.6) is 0 Å². The Morgan fingerprint density at radius 1 is 0.947 bits per heavy atom. The second-order valence-electron chi connectivity index (χ2n) is 6.54. The number of hydrogen-bond acceptors (Lipinski definition) is 4. The summed E-state index contributed by atoms with van der Waals surface area (Å²) >= 11 is 11.9. The second kappa shape index (κ2) is 4.19. The summed E-state index contributed by atoms with van der Waals surface area (Å²) < 4.78 is 0. The fourth-order valence-electron chi connectivity index (χ4n) is 4.89. The van der Waals surface area contributed by atoms with E-state index in [9.17, 15) is 0 Å². The van der Waals surface area contributed by atoms with Crippen LogP contribution in [0, 0.1) is 17.8 Å². The SMILES string of the molecule is Clc1nnc(Cl)c(NC23CC4CC(CC(C4)C2)C3)n1. The van der Waals surface area contributed by atoms with Gasteiger partial charge in [-0.25, -0.2) is 0 Å². The van der Waals surface area contributed by atoms with Gasteiger partial charge in [-0.05, 0) is 67.9 Å². The fourth-order valence-corrected chi connectivity index (χ4v) is 5.14. The van der Waals surface area contributed by atoms with Crippen molar-refractivity contribution in [3.63, 3.8) is 0 Å². The van der Waals surface area contributed by atoms with E-state index in [1.807, 2.05) is 0 Å². The summed E-state index contributed by atoms with van der Waals surface area (Å²) in [7, 11) is 0. The molecule has 4 nitrogen and oxygen atoms in total. The van der Waals surface area contributed by atoms with Crippen LogP contribution in [0.15, 0.2) is 0 Å². The molecule has 0 atom stereocenters. The van der Waals surface area contributed by atoms with Crippen molar-refractivity contribution >= 4 is 29.0 Å². The highest BCUT2D eigenvalue weighted by Crippen LogP contribution is 2.56. The third-order valence-corrected chi connectivity index (χ3v) is 5.46. The fraction of sp³-hybridized carbons (Fsp3) is 0.769. The summed E-state index contributed by atoms with van der Waals surface area (Å²) in [6.45, 7) is 0. The summed E-state index contributed by atoms with van der Waals surface area (Å²) in [5.74, 6) is 3.23. The Kier molecular flexibility index (Phi) is 2.68. The van der Waals surface area contributed by atoms with Crippen LogP contribution in [-0.4, -0.2) is 20.7 Å². The molecule has 1 aromatic heterocycles. The highest BCUT2D eigenvalue weighted by Gasteiger charge is 2.51. The topological polar surface area (TPSA) is 50.7 Å². The molecule has 4 bridgehead atoms. The third-order valence-electron chi connectivity index (χ3n) is 5.04. The highest BCUT2D eigenvalue weighted by molar-refractivity contribution is 6.32. The first kappa shape index (κ1) is 12.2. The predicted molar refractivity (Wildman–Crippen MR) is 74.4 cm³/mol. The van der Waals surface area contributed by atoms with E-state index < -0.39 is 0 Å². The average Bonchev–Trinajstić information content (AvgIpc) is 2.31. The van der Waals surface area contributed by atoms with Gasteiger partial charge in [0.1, 0.15) is 0 Å². The maximum atomic E-state index is 6.08. The second-order valence-corrected chi connectivity index (χ2v) is 7.24. The highest BCUT2D eigenvalue weighted by atomic mass is 35.5. The molecular weight excluding hydrogens is 283 g/mol. The minimum absolute atomic E-state index is 0.150. The van der Waals surface area contributed by atoms with E-state index in [0.717, 1.165) is 17.8 Å². The van der Waals surface area contributed by atoms with E-state index in [4.69, 9.17) is 23.2 Å². The van der Waals surface area contributed by atoms with Crippen molar-refractivity contribution in [2.75, 3.05) is 5.32 Å². The molecule has 4 saturated carbocycles. The number of nitrogens with zero attached hydrogens (tertiary/aromatic N) is 3. The molecule has 102 valence electrons. The van der Waals surface area contributed by atoms with Gasteiger partial charge in [0, 0.05) is 5.54 Å². The number of aromatic nitrogens is 3. The van der Waals surface area contributed by atoms with Crippen LogP contribution in [0.2, 0.25) is 10.4 Å². The molecule has 1 heterocycles. The lowest BCUT2D eigenvalue weighted by Crippen LogP contribution is -2.55. The smallest absolute Gasteiger partial charge is 0.245 e. The zero-order chi connectivity index (χ0) is 13.0. The van der Waals surface area contributed by atoms with Crippen LogP contribution < -0.4 is 5.32 Å². The summed E-state index contributed by atoms with van der Waals surface area (Å²) in [6.07, 6.45) is 7.94. The molecule has 0 aromatic carbocycles. The van der Waals surface area contributed by atoms with Gasteiger partial charge in [-0.2, -0.15) is 4.98 Å². The number of rotatable bonds is 2. The average molecular weight is 299 g/mol. The molecule has 0 spiro atoms. The molecular formula is C13H16Cl2N4. The zero-order valence-electron chi connectivity index (χ0n) is 10.6. The van der Waals surface area contributed by atoms with Crippen LogP contribution in [-0.2, 0) is 0 Å². The molecule has 0 saturated heterocycles. The first-order valence-electron chi connectivity index (χ1n) is 6.96. The molecule has 19 heavy (non-hydrogen) atoms. The maximum absolute atomic E-state index is 6.08. The minimum atomic E-state index is 0.150. The molecule has 4 aliphatic rings. The van der Waals surface area contributed by atoms with Crippen LogP contribution >= 0.6 is 23.2 Å². The van der Waals surface area contributed by atoms with Gasteiger partial charge in [0.15, 0.2) is 11.0 Å². The quantitative estimate of drug-likeness (QED) is 0.907. The van der Waals surface area contributed by atoms with Gasteiger partial charge < -0.3 is 5.32 Å². The summed E-state index contributed by atoms with van der Waals surface area (Å²) in [5, 5.41) is 11.5. The summed E-state index contributed by atoms with van der Waals surface area (Å²) in [6, 6.07) is 0. The molecule has 6 heteroatoms. The number of anilines is 1. The van der Waals surface area contributed by atoms with Crippen molar-refractivity contribution < 1.29 is 0 Å². The molecule has 0 unspecified atom stereocenters. The molecule has 5 rings (SSSR count). The molecule has 0 amide bonds. The van der Waals surface area contributed by atoms with Crippen LogP contribution in [0.25, 0.3) is 0 Å². The molecule has 0 aliphatic heterocycles. The first-order chi connectivity index (χ1) is 9.12. The Morgan fingerprint density at radius 2 is 1.53 bits per heavy atom. The van der Waals surface area contributed by atoms with E-state index in [2.05, 4.69) is 20.5 Å². The van der Waals surface area contributed by atoms with Crippen LogP contribution in [0.4, 0.5) is 5.82 Å². The van der Waals surface area contributed by atoms with Gasteiger partial charge in [-0.3, -0.25) is 0 Å². The lowest BCUT2D eigenvalue weighted by atomic mass is 9.53. The van der Waals surface area contributed by atoms with Gasteiger partial charge in [0.05, 0.1) is 0 Å². The Hall–Kier alpha value is -0.610. The van der Waals surface area contributed by atoms with Crippen molar-refractivity contribution in [3.05, 3.63) is 10.4 Å². The first-order valence-corrected chi connectivity index (χ1v) is 7.71. The lowest BCUT2D eigenvalue weighted by Gasteiger charge is -2.57. The Morgan fingerprint density at radius 3 is 2.11 bits per heavy atom. The Balaban J connectivity index is 1.64. The minimum Gasteiger partial charge on any atom is -0.362 e. The van der Waals surface area contributed by atoms with E-state index in [0.29, 0.717) is 11.0 Å². The van der Waals surface area contributed by atoms with Crippen molar-refractivity contribution in [1.29, 1.82) is 0 Å².